The molecule has 0 aliphatic rings. The topological polar surface area (TPSA) is 77.5 Å². The molecule has 1 aromatic heterocycles. The van der Waals surface area contributed by atoms with Crippen molar-refractivity contribution in [2.45, 2.75) is 33.8 Å². The summed E-state index contributed by atoms with van der Waals surface area (Å²) in [6, 6.07) is 7.10. The number of pyridine rings is 1. The summed E-state index contributed by atoms with van der Waals surface area (Å²) in [5.41, 5.74) is 3.00. The van der Waals surface area contributed by atoms with Gasteiger partial charge in [-0.15, -0.1) is 0 Å². The van der Waals surface area contributed by atoms with Crippen LogP contribution in [0.3, 0.4) is 0 Å². The molecule has 7 heteroatoms. The molecule has 1 N–H and O–H groups in total. The first-order valence-corrected chi connectivity index (χ1v) is 8.46. The molecule has 1 heterocycles. The highest BCUT2D eigenvalue weighted by molar-refractivity contribution is 6.30. The number of nitrogens with zero attached hydrogens (tertiary/aromatic N) is 1. The summed E-state index contributed by atoms with van der Waals surface area (Å²) in [6.45, 7) is 7.02. The molecule has 0 fully saturated rings. The van der Waals surface area contributed by atoms with Gasteiger partial charge in [-0.25, -0.2) is 9.78 Å². The van der Waals surface area contributed by atoms with Gasteiger partial charge in [-0.3, -0.25) is 4.79 Å². The van der Waals surface area contributed by atoms with Crippen LogP contribution in [0, 0.1) is 20.8 Å². The predicted molar refractivity (Wildman–Crippen MR) is 99.6 cm³/mol. The number of esters is 1. The van der Waals surface area contributed by atoms with Crippen molar-refractivity contribution in [3.63, 3.8) is 0 Å². The third-order valence-corrected chi connectivity index (χ3v) is 3.82. The minimum absolute atomic E-state index is 0.276. The molecule has 1 atom stereocenters. The predicted octanol–water partition coefficient (Wildman–Crippen LogP) is 3.61. The van der Waals surface area contributed by atoms with Crippen molar-refractivity contribution in [3.8, 4) is 5.75 Å². The molecular formula is C19H21ClN2O4. The molecule has 0 aliphatic heterocycles. The zero-order valence-electron chi connectivity index (χ0n) is 15.1. The van der Waals surface area contributed by atoms with E-state index in [0.29, 0.717) is 16.6 Å². The van der Waals surface area contributed by atoms with Crippen molar-refractivity contribution in [3.05, 3.63) is 52.2 Å². The van der Waals surface area contributed by atoms with Crippen LogP contribution in [-0.4, -0.2) is 29.6 Å². The summed E-state index contributed by atoms with van der Waals surface area (Å²) in [7, 11) is 0. The Labute approximate surface area is 157 Å². The number of ether oxygens (including phenoxy) is 2. The second kappa shape index (κ2) is 8.67. The molecule has 2 aromatic rings. The summed E-state index contributed by atoms with van der Waals surface area (Å²) >= 11 is 5.74. The van der Waals surface area contributed by atoms with E-state index in [9.17, 15) is 9.59 Å². The number of halogens is 1. The van der Waals surface area contributed by atoms with Gasteiger partial charge < -0.3 is 14.8 Å². The highest BCUT2D eigenvalue weighted by Crippen LogP contribution is 2.24. The van der Waals surface area contributed by atoms with Crippen LogP contribution in [0.5, 0.6) is 5.75 Å². The minimum Gasteiger partial charge on any atom is -0.481 e. The minimum atomic E-state index is -0.983. The smallest absolute Gasteiger partial charge is 0.344 e. The molecule has 6 nitrogen and oxygen atoms in total. The lowest BCUT2D eigenvalue weighted by Crippen LogP contribution is -2.32. The first-order chi connectivity index (χ1) is 12.3. The maximum atomic E-state index is 12.1. The number of aryl methyl sites for hydroxylation is 3. The third kappa shape index (κ3) is 5.46. The monoisotopic (exact) mass is 376 g/mol. The van der Waals surface area contributed by atoms with Crippen LogP contribution in [0.2, 0.25) is 5.02 Å². The van der Waals surface area contributed by atoms with Gasteiger partial charge in [0.2, 0.25) is 0 Å². The van der Waals surface area contributed by atoms with Crippen molar-refractivity contribution in [2.24, 2.45) is 0 Å². The summed E-state index contributed by atoms with van der Waals surface area (Å²) in [4.78, 5) is 28.0. The number of anilines is 1. The summed E-state index contributed by atoms with van der Waals surface area (Å²) in [5.74, 6) is -0.147. The van der Waals surface area contributed by atoms with Crippen molar-refractivity contribution in [2.75, 3.05) is 11.9 Å². The van der Waals surface area contributed by atoms with Gasteiger partial charge in [0.25, 0.3) is 5.91 Å². The van der Waals surface area contributed by atoms with Crippen LogP contribution < -0.4 is 10.1 Å². The molecular weight excluding hydrogens is 356 g/mol. The number of hydrogen-bond acceptors (Lipinski definition) is 5. The van der Waals surface area contributed by atoms with Gasteiger partial charge in [-0.1, -0.05) is 29.3 Å². The molecule has 0 aliphatic carbocycles. The Bertz CT molecular complexity index is 783. The average molecular weight is 377 g/mol. The van der Waals surface area contributed by atoms with Gasteiger partial charge in [-0.05, 0) is 51.0 Å². The van der Waals surface area contributed by atoms with E-state index in [1.165, 1.54) is 13.1 Å². The number of benzene rings is 1. The second-order valence-corrected chi connectivity index (χ2v) is 6.44. The van der Waals surface area contributed by atoms with E-state index in [1.54, 1.807) is 12.1 Å². The Morgan fingerprint density at radius 2 is 1.85 bits per heavy atom. The molecule has 2 rings (SSSR count). The molecule has 26 heavy (non-hydrogen) atoms. The van der Waals surface area contributed by atoms with Gasteiger partial charge in [0.05, 0.1) is 5.02 Å². The van der Waals surface area contributed by atoms with E-state index in [4.69, 9.17) is 21.1 Å². The van der Waals surface area contributed by atoms with Gasteiger partial charge >= 0.3 is 5.97 Å². The highest BCUT2D eigenvalue weighted by Gasteiger charge is 2.19. The molecule has 0 saturated heterocycles. The maximum Gasteiger partial charge on any atom is 0.344 e. The zero-order valence-corrected chi connectivity index (χ0v) is 15.9. The largest absolute Gasteiger partial charge is 0.481 e. The lowest BCUT2D eigenvalue weighted by atomic mass is 10.1. The number of nitrogens with one attached hydrogen (secondary N) is 1. The fourth-order valence-corrected chi connectivity index (χ4v) is 2.60. The first-order valence-electron chi connectivity index (χ1n) is 8.09. The van der Waals surface area contributed by atoms with Gasteiger partial charge in [0, 0.05) is 6.20 Å². The molecule has 1 amide bonds. The molecule has 138 valence electrons. The van der Waals surface area contributed by atoms with E-state index >= 15 is 0 Å². The molecule has 0 bridgehead atoms. The normalized spacial score (nSPS) is 11.6. The molecule has 0 unspecified atom stereocenters. The number of hydrogen-bond donors (Lipinski definition) is 1. The van der Waals surface area contributed by atoms with Crippen LogP contribution >= 0.6 is 11.6 Å². The number of carbonyl (C=O) groups is 2. The molecule has 0 radical (unpaired) electrons. The number of amides is 1. The van der Waals surface area contributed by atoms with Crippen LogP contribution in [0.15, 0.2) is 30.5 Å². The quantitative estimate of drug-likeness (QED) is 0.779. The SMILES string of the molecule is Cc1cc(C)c(OCC(=O)O[C@@H](C)C(=O)Nc2ccc(Cl)cn2)c(C)c1. The Morgan fingerprint density at radius 1 is 1.19 bits per heavy atom. The van der Waals surface area contributed by atoms with Gasteiger partial charge in [-0.2, -0.15) is 0 Å². The Morgan fingerprint density at radius 3 is 2.42 bits per heavy atom. The lowest BCUT2D eigenvalue weighted by molar-refractivity contribution is -0.155. The van der Waals surface area contributed by atoms with E-state index in [1.807, 2.05) is 32.9 Å². The van der Waals surface area contributed by atoms with Crippen molar-refractivity contribution in [1.29, 1.82) is 0 Å². The maximum absolute atomic E-state index is 12.1. The number of aromatic nitrogens is 1. The summed E-state index contributed by atoms with van der Waals surface area (Å²) in [5, 5.41) is 3.01. The van der Waals surface area contributed by atoms with Crippen LogP contribution in [0.4, 0.5) is 5.82 Å². The van der Waals surface area contributed by atoms with Gasteiger partial charge in [0.15, 0.2) is 12.7 Å². The molecule has 0 saturated carbocycles. The number of rotatable bonds is 6. The van der Waals surface area contributed by atoms with Gasteiger partial charge in [0.1, 0.15) is 11.6 Å². The number of carbonyl (C=O) groups excluding carboxylic acids is 2. The zero-order chi connectivity index (χ0) is 19.3. The van der Waals surface area contributed by atoms with Crippen LogP contribution in [-0.2, 0) is 14.3 Å². The first kappa shape index (κ1) is 19.7. The highest BCUT2D eigenvalue weighted by atomic mass is 35.5. The average Bonchev–Trinajstić information content (AvgIpc) is 2.55. The van der Waals surface area contributed by atoms with Crippen LogP contribution in [0.25, 0.3) is 0 Å². The van der Waals surface area contributed by atoms with E-state index in [-0.39, 0.29) is 6.61 Å². The second-order valence-electron chi connectivity index (χ2n) is 6.00. The van der Waals surface area contributed by atoms with E-state index < -0.39 is 18.0 Å². The van der Waals surface area contributed by atoms with Crippen molar-refractivity contribution >= 4 is 29.3 Å². The lowest BCUT2D eigenvalue weighted by Gasteiger charge is -2.15. The van der Waals surface area contributed by atoms with Crippen LogP contribution in [0.1, 0.15) is 23.6 Å². The summed E-state index contributed by atoms with van der Waals surface area (Å²) in [6.07, 6.45) is 0.428. The Hall–Kier alpha value is -2.60. The fourth-order valence-electron chi connectivity index (χ4n) is 2.49. The van der Waals surface area contributed by atoms with Crippen molar-refractivity contribution in [1.82, 2.24) is 4.98 Å². The van der Waals surface area contributed by atoms with E-state index in [0.717, 1.165) is 16.7 Å². The summed E-state index contributed by atoms with van der Waals surface area (Å²) < 4.78 is 10.7. The van der Waals surface area contributed by atoms with E-state index in [2.05, 4.69) is 10.3 Å². The molecule has 1 aromatic carbocycles. The Balaban J connectivity index is 1.87. The van der Waals surface area contributed by atoms with Crippen molar-refractivity contribution < 1.29 is 19.1 Å². The molecule has 0 spiro atoms. The standard InChI is InChI=1S/C19H21ClN2O4/c1-11-7-12(2)18(13(3)8-11)25-10-17(23)26-14(4)19(24)22-16-6-5-15(20)9-21-16/h5-9,14H,10H2,1-4H3,(H,21,22,24)/t14-/m0/s1. The third-order valence-electron chi connectivity index (χ3n) is 3.60. The Kier molecular flexibility index (Phi) is 6.58. The fraction of sp³-hybridized carbons (Fsp3) is 0.316.